The molecule has 280 valence electrons. The van der Waals surface area contributed by atoms with Crippen LogP contribution >= 0.6 is 0 Å². The number of piperazine rings is 2. The fraction of sp³-hybridized carbons (Fsp3) is 0.657. The second-order valence-corrected chi connectivity index (χ2v) is 13.4. The molecule has 51 heavy (non-hydrogen) atoms. The van der Waals surface area contributed by atoms with Gasteiger partial charge in [0.15, 0.2) is 0 Å². The van der Waals surface area contributed by atoms with Crippen molar-refractivity contribution in [2.24, 2.45) is 5.41 Å². The van der Waals surface area contributed by atoms with E-state index in [2.05, 4.69) is 44.9 Å². The first-order valence-corrected chi connectivity index (χ1v) is 18.1. The van der Waals surface area contributed by atoms with E-state index in [4.69, 9.17) is 24.5 Å². The van der Waals surface area contributed by atoms with Gasteiger partial charge in [-0.3, -0.25) is 19.4 Å². The Balaban J connectivity index is 0.000000894. The molecule has 0 aromatic carbocycles. The Morgan fingerprint density at radius 2 is 1.14 bits per heavy atom. The number of amides is 1. The van der Waals surface area contributed by atoms with Crippen LogP contribution in [0.1, 0.15) is 64.2 Å². The van der Waals surface area contributed by atoms with Crippen LogP contribution in [0.4, 0.5) is 11.9 Å². The number of aromatic nitrogens is 4. The van der Waals surface area contributed by atoms with E-state index < -0.39 is 11.9 Å². The zero-order valence-electron chi connectivity index (χ0n) is 29.5. The van der Waals surface area contributed by atoms with Gasteiger partial charge in [-0.15, -0.1) is 0 Å². The molecule has 1 amide bonds. The highest BCUT2D eigenvalue weighted by Gasteiger charge is 2.38. The molecule has 1 aliphatic carbocycles. The van der Waals surface area contributed by atoms with Crippen LogP contribution in [0, 0.1) is 5.41 Å². The van der Waals surface area contributed by atoms with Crippen molar-refractivity contribution in [1.29, 1.82) is 0 Å². The average molecular weight is 712 g/mol. The van der Waals surface area contributed by atoms with Gasteiger partial charge in [0.1, 0.15) is 0 Å². The van der Waals surface area contributed by atoms with E-state index in [1.807, 2.05) is 12.1 Å². The summed E-state index contributed by atoms with van der Waals surface area (Å²) in [5, 5.41) is 17.9. The third-order valence-corrected chi connectivity index (χ3v) is 9.67. The first kappa shape index (κ1) is 39.3. The molecule has 2 aliphatic heterocycles. The van der Waals surface area contributed by atoms with Crippen LogP contribution in [-0.2, 0) is 23.9 Å². The van der Waals surface area contributed by atoms with Crippen LogP contribution in [-0.4, -0.2) is 142 Å². The first-order chi connectivity index (χ1) is 24.7. The highest BCUT2D eigenvalue weighted by atomic mass is 16.5. The fourth-order valence-corrected chi connectivity index (χ4v) is 6.87. The Labute approximate surface area is 299 Å². The average Bonchev–Trinajstić information content (AvgIpc) is 3.60. The first-order valence-electron chi connectivity index (χ1n) is 18.1. The van der Waals surface area contributed by atoms with E-state index in [0.717, 1.165) is 129 Å². The SMILES string of the molecule is O=C(CC1(CC(=O)OCCCCN2CCN(c3ncccn3)CC2)CCCC1)NCCCCN1CCN(c2ncccn2)CC1.O=C(O)C(=O)O. The summed E-state index contributed by atoms with van der Waals surface area (Å²) < 4.78 is 5.65. The number of hydrogen-bond donors (Lipinski definition) is 3. The van der Waals surface area contributed by atoms with Crippen LogP contribution in [0.3, 0.4) is 0 Å². The largest absolute Gasteiger partial charge is 0.473 e. The Morgan fingerprint density at radius 1 is 0.667 bits per heavy atom. The molecule has 0 atom stereocenters. The van der Waals surface area contributed by atoms with Crippen LogP contribution < -0.4 is 15.1 Å². The number of unbranched alkanes of at least 4 members (excludes halogenated alkanes) is 2. The number of esters is 1. The number of aliphatic carboxylic acids is 2. The van der Waals surface area contributed by atoms with Gasteiger partial charge in [-0.05, 0) is 69.2 Å². The Morgan fingerprint density at radius 3 is 1.61 bits per heavy atom. The van der Waals surface area contributed by atoms with E-state index in [9.17, 15) is 9.59 Å². The number of ether oxygens (including phenoxy) is 1. The molecular weight excluding hydrogens is 658 g/mol. The molecule has 4 heterocycles. The van der Waals surface area contributed by atoms with Crippen molar-refractivity contribution in [3.63, 3.8) is 0 Å². The summed E-state index contributed by atoms with van der Waals surface area (Å²) in [5.41, 5.74) is -0.245. The van der Waals surface area contributed by atoms with Crippen LogP contribution in [0.5, 0.6) is 0 Å². The van der Waals surface area contributed by atoms with Gasteiger partial charge in [0, 0.05) is 90.1 Å². The number of carbonyl (C=O) groups excluding carboxylic acids is 2. The van der Waals surface area contributed by atoms with Gasteiger partial charge < -0.3 is 30.1 Å². The van der Waals surface area contributed by atoms with Crippen molar-refractivity contribution in [2.45, 2.75) is 64.2 Å². The molecule has 0 bridgehead atoms. The number of carboxylic acids is 2. The molecular formula is C35H53N9O7. The molecule has 2 saturated heterocycles. The minimum atomic E-state index is -1.82. The number of nitrogens with one attached hydrogen (secondary N) is 1. The lowest BCUT2D eigenvalue weighted by Crippen LogP contribution is -2.47. The predicted molar refractivity (Wildman–Crippen MR) is 189 cm³/mol. The Hall–Kier alpha value is -4.44. The summed E-state index contributed by atoms with van der Waals surface area (Å²) >= 11 is 0. The quantitative estimate of drug-likeness (QED) is 0.130. The predicted octanol–water partition coefficient (Wildman–Crippen LogP) is 1.93. The van der Waals surface area contributed by atoms with Crippen molar-refractivity contribution in [2.75, 3.05) is 88.4 Å². The summed E-state index contributed by atoms with van der Waals surface area (Å²) in [5.74, 6) is -2.12. The van der Waals surface area contributed by atoms with Crippen molar-refractivity contribution in [3.8, 4) is 0 Å². The van der Waals surface area contributed by atoms with E-state index in [0.29, 0.717) is 26.0 Å². The maximum absolute atomic E-state index is 12.9. The van der Waals surface area contributed by atoms with E-state index in [1.165, 1.54) is 0 Å². The van der Waals surface area contributed by atoms with Crippen LogP contribution in [0.15, 0.2) is 36.9 Å². The topological polar surface area (TPSA) is 195 Å². The molecule has 0 spiro atoms. The van der Waals surface area contributed by atoms with Gasteiger partial charge in [-0.2, -0.15) is 0 Å². The minimum Gasteiger partial charge on any atom is -0.473 e. The number of hydrogen-bond acceptors (Lipinski definition) is 13. The fourth-order valence-electron chi connectivity index (χ4n) is 6.87. The van der Waals surface area contributed by atoms with Crippen molar-refractivity contribution < 1.29 is 34.1 Å². The lowest BCUT2D eigenvalue weighted by Gasteiger charge is -2.34. The second kappa shape index (κ2) is 21.0. The van der Waals surface area contributed by atoms with Gasteiger partial charge in [-0.1, -0.05) is 12.8 Å². The Bertz CT molecular complexity index is 1250. The summed E-state index contributed by atoms with van der Waals surface area (Å²) in [6.45, 7) is 10.9. The lowest BCUT2D eigenvalue weighted by molar-refractivity contribution is -0.159. The van der Waals surface area contributed by atoms with E-state index in [-0.39, 0.29) is 17.3 Å². The van der Waals surface area contributed by atoms with E-state index in [1.54, 1.807) is 24.8 Å². The monoisotopic (exact) mass is 711 g/mol. The molecule has 16 nitrogen and oxygen atoms in total. The summed E-state index contributed by atoms with van der Waals surface area (Å²) in [6.07, 6.45) is 15.8. The van der Waals surface area contributed by atoms with Gasteiger partial charge in [0.25, 0.3) is 0 Å². The maximum Gasteiger partial charge on any atom is 0.414 e. The molecule has 16 heteroatoms. The van der Waals surface area contributed by atoms with Crippen LogP contribution in [0.25, 0.3) is 0 Å². The normalized spacial score (nSPS) is 17.6. The number of carboxylic acid groups (broad SMARTS) is 2. The maximum atomic E-state index is 12.9. The summed E-state index contributed by atoms with van der Waals surface area (Å²) in [6, 6.07) is 3.68. The number of rotatable bonds is 16. The molecule has 0 unspecified atom stereocenters. The summed E-state index contributed by atoms with van der Waals surface area (Å²) in [7, 11) is 0. The van der Waals surface area contributed by atoms with Crippen LogP contribution in [0.2, 0.25) is 0 Å². The van der Waals surface area contributed by atoms with Gasteiger partial charge in [0.2, 0.25) is 17.8 Å². The number of anilines is 2. The third kappa shape index (κ3) is 14.0. The van der Waals surface area contributed by atoms with Gasteiger partial charge in [0.05, 0.1) is 13.0 Å². The van der Waals surface area contributed by atoms with Gasteiger partial charge in [-0.25, -0.2) is 29.5 Å². The Kier molecular flexibility index (Phi) is 16.2. The second-order valence-electron chi connectivity index (χ2n) is 13.4. The smallest absolute Gasteiger partial charge is 0.414 e. The molecule has 3 aliphatic rings. The highest BCUT2D eigenvalue weighted by molar-refractivity contribution is 6.27. The minimum absolute atomic E-state index is 0.0695. The zero-order valence-corrected chi connectivity index (χ0v) is 29.5. The molecule has 3 fully saturated rings. The van der Waals surface area contributed by atoms with E-state index >= 15 is 0 Å². The molecule has 5 rings (SSSR count). The molecule has 2 aromatic heterocycles. The molecule has 2 aromatic rings. The summed E-state index contributed by atoms with van der Waals surface area (Å²) in [4.78, 5) is 70.6. The zero-order chi connectivity index (χ0) is 36.3. The van der Waals surface area contributed by atoms with Crippen molar-refractivity contribution >= 4 is 35.7 Å². The third-order valence-electron chi connectivity index (χ3n) is 9.67. The molecule has 0 radical (unpaired) electrons. The molecule has 3 N–H and O–H groups in total. The van der Waals surface area contributed by atoms with Crippen molar-refractivity contribution in [1.82, 2.24) is 35.1 Å². The van der Waals surface area contributed by atoms with Crippen molar-refractivity contribution in [3.05, 3.63) is 36.9 Å². The standard InChI is InChI=1S/C33H51N9O3.C2H2O4/c43-29(34-11-3-4-16-39-18-22-41(23-19-39)31-35-12-7-13-36-31)27-33(9-1-2-10-33)28-30(44)45-26-6-5-17-40-20-24-42(25-21-40)32-37-14-8-15-38-32;3-1(4)2(5)6/h7-8,12-15H,1-6,9-11,16-28H2,(H,34,43);(H,3,4)(H,5,6). The number of carbonyl (C=O) groups is 4. The lowest BCUT2D eigenvalue weighted by atomic mass is 9.79. The molecule has 1 saturated carbocycles. The van der Waals surface area contributed by atoms with Gasteiger partial charge >= 0.3 is 17.9 Å². The number of nitrogens with zero attached hydrogens (tertiary/aromatic N) is 8. The highest BCUT2D eigenvalue weighted by Crippen LogP contribution is 2.44.